The van der Waals surface area contributed by atoms with Gasteiger partial charge in [-0.25, -0.2) is 4.79 Å². The number of nitrogens with zero attached hydrogens (tertiary/aromatic N) is 1. The summed E-state index contributed by atoms with van der Waals surface area (Å²) in [5, 5.41) is 9.07. The summed E-state index contributed by atoms with van der Waals surface area (Å²) >= 11 is 3.08. The lowest BCUT2D eigenvalue weighted by atomic mass is 10.0. The highest BCUT2D eigenvalue weighted by atomic mass is 79.9. The number of halogens is 4. The van der Waals surface area contributed by atoms with Crippen molar-refractivity contribution in [1.82, 2.24) is 0 Å². The molecule has 0 saturated carbocycles. The third-order valence-corrected chi connectivity index (χ3v) is 2.77. The average molecular weight is 352 g/mol. The summed E-state index contributed by atoms with van der Waals surface area (Å²) in [4.78, 5) is 11.7. The van der Waals surface area contributed by atoms with Crippen molar-refractivity contribution >= 4 is 21.9 Å². The highest BCUT2D eigenvalue weighted by Gasteiger charge is 2.32. The van der Waals surface area contributed by atoms with Crippen LogP contribution in [0.15, 0.2) is 12.1 Å². The molecule has 1 aromatic carbocycles. The molecule has 1 rings (SSSR count). The number of carbonyl (C=O) groups is 1. The topological polar surface area (TPSA) is 59.3 Å². The van der Waals surface area contributed by atoms with E-state index in [4.69, 9.17) is 10.00 Å². The van der Waals surface area contributed by atoms with Crippen LogP contribution in [0, 0.1) is 11.3 Å². The maximum absolute atomic E-state index is 12.2. The predicted octanol–water partition coefficient (Wildman–Crippen LogP) is 3.53. The van der Waals surface area contributed by atoms with Crippen LogP contribution in [0.4, 0.5) is 13.2 Å². The van der Waals surface area contributed by atoms with Crippen molar-refractivity contribution in [3.63, 3.8) is 0 Å². The smallest absolute Gasteiger partial charge is 0.462 e. The number of rotatable bonds is 4. The first kappa shape index (κ1) is 16.3. The number of benzene rings is 1. The largest absolute Gasteiger partial charge is 0.573 e. The average Bonchev–Trinajstić information content (AvgIpc) is 2.35. The molecule has 4 nitrogen and oxygen atoms in total. The number of hydrogen-bond acceptors (Lipinski definition) is 4. The molecule has 0 saturated heterocycles. The van der Waals surface area contributed by atoms with Gasteiger partial charge >= 0.3 is 12.3 Å². The van der Waals surface area contributed by atoms with Gasteiger partial charge < -0.3 is 9.47 Å². The van der Waals surface area contributed by atoms with Gasteiger partial charge in [-0.05, 0) is 24.6 Å². The molecule has 108 valence electrons. The summed E-state index contributed by atoms with van der Waals surface area (Å²) in [6.45, 7) is 1.62. The lowest BCUT2D eigenvalue weighted by Crippen LogP contribution is -2.18. The Kier molecular flexibility index (Phi) is 5.39. The van der Waals surface area contributed by atoms with Crippen LogP contribution in [0.1, 0.15) is 28.4 Å². The van der Waals surface area contributed by atoms with Crippen molar-refractivity contribution in [2.75, 3.05) is 6.61 Å². The van der Waals surface area contributed by atoms with E-state index in [-0.39, 0.29) is 28.6 Å². The molecule has 0 fully saturated rings. The van der Waals surface area contributed by atoms with Gasteiger partial charge in [-0.15, -0.1) is 13.2 Å². The Balaban J connectivity index is 3.35. The molecule has 0 amide bonds. The monoisotopic (exact) mass is 351 g/mol. The molecule has 0 aliphatic carbocycles. The van der Waals surface area contributed by atoms with E-state index in [0.717, 1.165) is 12.1 Å². The molecule has 0 bridgehead atoms. The second-order valence-electron chi connectivity index (χ2n) is 3.51. The summed E-state index contributed by atoms with van der Waals surface area (Å²) in [6.07, 6.45) is -4.91. The van der Waals surface area contributed by atoms with Gasteiger partial charge in [0.2, 0.25) is 0 Å². The third-order valence-electron chi connectivity index (χ3n) is 2.21. The maximum atomic E-state index is 12.2. The van der Waals surface area contributed by atoms with Gasteiger partial charge in [-0.3, -0.25) is 0 Å². The van der Waals surface area contributed by atoms with Gasteiger partial charge in [0, 0.05) is 5.33 Å². The molecule has 0 heterocycles. The molecule has 0 spiro atoms. The standard InChI is InChI=1S/C12H9BrF3NO3/c1-2-19-11(18)9-4-8(20-12(14,15)16)3-7(6-17)10(9)5-13/h3-4H,2,5H2,1H3. The highest BCUT2D eigenvalue weighted by molar-refractivity contribution is 9.08. The quantitative estimate of drug-likeness (QED) is 0.615. The zero-order chi connectivity index (χ0) is 15.3. The van der Waals surface area contributed by atoms with Crippen LogP contribution in [-0.4, -0.2) is 18.9 Å². The zero-order valence-electron chi connectivity index (χ0n) is 10.3. The molecule has 0 radical (unpaired) electrons. The molecule has 0 N–H and O–H groups in total. The van der Waals surface area contributed by atoms with Crippen molar-refractivity contribution in [3.05, 3.63) is 28.8 Å². The van der Waals surface area contributed by atoms with Crippen LogP contribution >= 0.6 is 15.9 Å². The number of ether oxygens (including phenoxy) is 2. The summed E-state index contributed by atoms with van der Waals surface area (Å²) in [6, 6.07) is 3.55. The Bertz CT molecular complexity index is 552. The number of carbonyl (C=O) groups excluding carboxylic acids is 1. The van der Waals surface area contributed by atoms with Gasteiger partial charge in [0.15, 0.2) is 0 Å². The molecule has 0 aromatic heterocycles. The molecular weight excluding hydrogens is 343 g/mol. The number of nitriles is 1. The first-order valence-corrected chi connectivity index (χ1v) is 6.50. The summed E-state index contributed by atoms with van der Waals surface area (Å²) < 4.78 is 45.1. The van der Waals surface area contributed by atoms with Gasteiger partial charge in [0.1, 0.15) is 5.75 Å². The zero-order valence-corrected chi connectivity index (χ0v) is 11.8. The fourth-order valence-electron chi connectivity index (χ4n) is 1.47. The lowest BCUT2D eigenvalue weighted by Gasteiger charge is -2.13. The van der Waals surface area contributed by atoms with E-state index in [0.29, 0.717) is 0 Å². The van der Waals surface area contributed by atoms with Gasteiger partial charge in [-0.2, -0.15) is 5.26 Å². The third kappa shape index (κ3) is 4.13. The SMILES string of the molecule is CCOC(=O)c1cc(OC(F)(F)F)cc(C#N)c1CBr. The van der Waals surface area contributed by atoms with Crippen molar-refractivity contribution in [3.8, 4) is 11.8 Å². The Morgan fingerprint density at radius 3 is 2.55 bits per heavy atom. The van der Waals surface area contributed by atoms with Crippen LogP contribution in [0.5, 0.6) is 5.75 Å². The van der Waals surface area contributed by atoms with Crippen LogP contribution in [0.25, 0.3) is 0 Å². The molecule has 0 aliphatic heterocycles. The first-order valence-electron chi connectivity index (χ1n) is 5.38. The second kappa shape index (κ2) is 6.61. The fraction of sp³-hybridized carbons (Fsp3) is 0.333. The molecular formula is C12H9BrF3NO3. The van der Waals surface area contributed by atoms with Gasteiger partial charge in [0.25, 0.3) is 0 Å². The van der Waals surface area contributed by atoms with E-state index in [2.05, 4.69) is 20.7 Å². The second-order valence-corrected chi connectivity index (χ2v) is 4.07. The van der Waals surface area contributed by atoms with Crippen molar-refractivity contribution in [2.24, 2.45) is 0 Å². The normalized spacial score (nSPS) is 10.8. The summed E-state index contributed by atoms with van der Waals surface area (Å²) in [5.74, 6) is -1.45. The highest BCUT2D eigenvalue weighted by Crippen LogP contribution is 2.29. The molecule has 0 atom stereocenters. The number of alkyl halides is 4. The molecule has 20 heavy (non-hydrogen) atoms. The van der Waals surface area contributed by atoms with E-state index in [9.17, 15) is 18.0 Å². The Labute approximate surface area is 121 Å². The van der Waals surface area contributed by atoms with Crippen LogP contribution in [0.3, 0.4) is 0 Å². The van der Waals surface area contributed by atoms with Crippen LogP contribution in [-0.2, 0) is 10.1 Å². The first-order chi connectivity index (χ1) is 9.32. The fourth-order valence-corrected chi connectivity index (χ4v) is 2.08. The molecule has 1 aromatic rings. The van der Waals surface area contributed by atoms with E-state index >= 15 is 0 Å². The van der Waals surface area contributed by atoms with Crippen molar-refractivity contribution < 1.29 is 27.4 Å². The van der Waals surface area contributed by atoms with E-state index in [1.807, 2.05) is 0 Å². The molecule has 0 aliphatic rings. The Morgan fingerprint density at radius 1 is 1.45 bits per heavy atom. The summed E-state index contributed by atoms with van der Waals surface area (Å²) in [7, 11) is 0. The predicted molar refractivity (Wildman–Crippen MR) is 66.4 cm³/mol. The van der Waals surface area contributed by atoms with Crippen LogP contribution in [0.2, 0.25) is 0 Å². The lowest BCUT2D eigenvalue weighted by molar-refractivity contribution is -0.274. The minimum atomic E-state index is -4.91. The molecule has 0 unspecified atom stereocenters. The van der Waals surface area contributed by atoms with E-state index in [1.165, 1.54) is 0 Å². The van der Waals surface area contributed by atoms with Crippen molar-refractivity contribution in [2.45, 2.75) is 18.6 Å². The van der Waals surface area contributed by atoms with Crippen molar-refractivity contribution in [1.29, 1.82) is 5.26 Å². The van der Waals surface area contributed by atoms with E-state index in [1.54, 1.807) is 13.0 Å². The van der Waals surface area contributed by atoms with Gasteiger partial charge in [-0.1, -0.05) is 15.9 Å². The Morgan fingerprint density at radius 2 is 2.10 bits per heavy atom. The molecule has 8 heteroatoms. The summed E-state index contributed by atoms with van der Waals surface area (Å²) in [5.41, 5.74) is 0.0224. The number of hydrogen-bond donors (Lipinski definition) is 0. The minimum Gasteiger partial charge on any atom is -0.462 e. The van der Waals surface area contributed by atoms with Gasteiger partial charge in [0.05, 0.1) is 23.8 Å². The van der Waals surface area contributed by atoms with E-state index < -0.39 is 18.1 Å². The maximum Gasteiger partial charge on any atom is 0.573 e. The number of esters is 1. The minimum absolute atomic E-state index is 0.0623. The Hall–Kier alpha value is -1.75. The van der Waals surface area contributed by atoms with Crippen LogP contribution < -0.4 is 4.74 Å².